The summed E-state index contributed by atoms with van der Waals surface area (Å²) in [7, 11) is 4.69. The smallest absolute Gasteiger partial charge is 0.229 e. The molecule has 0 saturated carbocycles. The first-order chi connectivity index (χ1) is 18.4. The van der Waals surface area contributed by atoms with Gasteiger partial charge in [0.25, 0.3) is 0 Å². The number of methoxy groups -OCH3 is 3. The monoisotopic (exact) mass is 534 g/mol. The molecule has 3 aliphatic rings. The lowest BCUT2D eigenvalue weighted by atomic mass is 9.85. The van der Waals surface area contributed by atoms with Crippen molar-refractivity contribution in [3.63, 3.8) is 0 Å². The fourth-order valence-corrected chi connectivity index (χ4v) is 5.51. The molecule has 2 aromatic carbocycles. The highest BCUT2D eigenvalue weighted by molar-refractivity contribution is 5.45. The molecule has 3 saturated heterocycles. The predicted molar refractivity (Wildman–Crippen MR) is 131 cm³/mol. The van der Waals surface area contributed by atoms with Gasteiger partial charge >= 0.3 is 0 Å². The number of rotatable bonds is 8. The summed E-state index contributed by atoms with van der Waals surface area (Å²) in [6, 6.07) is 11.1. The maximum Gasteiger partial charge on any atom is 0.229 e. The van der Waals surface area contributed by atoms with Crippen LogP contribution in [0.3, 0.4) is 0 Å². The lowest BCUT2D eigenvalue weighted by Crippen LogP contribution is -2.60. The molecule has 208 valence electrons. The van der Waals surface area contributed by atoms with Gasteiger partial charge in [0.1, 0.15) is 24.4 Å². The predicted octanol–water partition coefficient (Wildman–Crippen LogP) is 0.966. The second-order valence-corrected chi connectivity index (χ2v) is 9.68. The maximum atomic E-state index is 10.3. The molecule has 3 aliphatic heterocycles. The Morgan fingerprint density at radius 3 is 1.76 bits per heavy atom. The molecule has 11 heteroatoms. The van der Waals surface area contributed by atoms with Crippen LogP contribution < -0.4 is 18.9 Å². The van der Waals surface area contributed by atoms with Crippen LogP contribution in [0.4, 0.5) is 0 Å². The number of benzene rings is 2. The summed E-state index contributed by atoms with van der Waals surface area (Å²) in [5, 5.41) is 39.8. The Balaban J connectivity index is 1.31. The van der Waals surface area contributed by atoms with Crippen molar-refractivity contribution >= 4 is 0 Å². The maximum absolute atomic E-state index is 10.3. The van der Waals surface area contributed by atoms with Crippen LogP contribution >= 0.6 is 0 Å². The molecule has 0 aliphatic carbocycles. The number of aliphatic hydroxyl groups is 4. The van der Waals surface area contributed by atoms with Crippen molar-refractivity contribution in [2.24, 2.45) is 11.8 Å². The Morgan fingerprint density at radius 1 is 0.711 bits per heavy atom. The standard InChI is InChI=1S/C27H34O11/c1-32-17-6-4-13(8-19(17)33-2)25-15-11-36-26(16(15)12-35-25)14-5-7-18(20(9-14)34-3)37-27-24(31)23(30)22(29)21(10-28)38-27/h4-9,15-16,21-31H,10-12H2,1-3H3/t15-,16+,21+,22-,23-,24-,25-,26-,27+/m1/s1. The van der Waals surface area contributed by atoms with Crippen molar-refractivity contribution in [2.75, 3.05) is 41.2 Å². The van der Waals surface area contributed by atoms with Crippen molar-refractivity contribution in [1.82, 2.24) is 0 Å². The van der Waals surface area contributed by atoms with Gasteiger partial charge in [-0.15, -0.1) is 0 Å². The minimum absolute atomic E-state index is 0.120. The van der Waals surface area contributed by atoms with Crippen LogP contribution in [0, 0.1) is 11.8 Å². The number of ether oxygens (including phenoxy) is 7. The lowest BCUT2D eigenvalue weighted by Gasteiger charge is -2.39. The average Bonchev–Trinajstić information content (AvgIpc) is 3.55. The average molecular weight is 535 g/mol. The molecular formula is C27H34O11. The normalized spacial score (nSPS) is 34.6. The summed E-state index contributed by atoms with van der Waals surface area (Å²) in [5.74, 6) is 2.21. The molecule has 4 N–H and O–H groups in total. The molecule has 5 rings (SSSR count). The van der Waals surface area contributed by atoms with Crippen LogP contribution in [-0.2, 0) is 14.2 Å². The Hall–Kier alpha value is -2.64. The zero-order valence-corrected chi connectivity index (χ0v) is 21.4. The van der Waals surface area contributed by atoms with Crippen LogP contribution in [0.5, 0.6) is 23.0 Å². The highest BCUT2D eigenvalue weighted by Crippen LogP contribution is 2.51. The second-order valence-electron chi connectivity index (χ2n) is 9.68. The summed E-state index contributed by atoms with van der Waals surface area (Å²) < 4.78 is 40.1. The SMILES string of the molecule is COc1ccc([C@H]2OC[C@H]3[C@H]2CO[C@@H]3c2ccc(O[C@H]3O[C@@H](CO)[C@@H](O)[C@@H](O)[C@H]3O)c(OC)c2)cc1OC. The van der Waals surface area contributed by atoms with Crippen molar-refractivity contribution in [3.8, 4) is 23.0 Å². The zero-order valence-electron chi connectivity index (χ0n) is 21.4. The van der Waals surface area contributed by atoms with Gasteiger partial charge in [-0.25, -0.2) is 0 Å². The van der Waals surface area contributed by atoms with Gasteiger partial charge in [0, 0.05) is 11.8 Å². The fourth-order valence-electron chi connectivity index (χ4n) is 5.51. The van der Waals surface area contributed by atoms with Crippen LogP contribution in [0.1, 0.15) is 23.3 Å². The third-order valence-electron chi connectivity index (χ3n) is 7.61. The molecule has 0 aromatic heterocycles. The molecule has 9 atom stereocenters. The molecule has 3 heterocycles. The molecule has 0 spiro atoms. The van der Waals surface area contributed by atoms with E-state index in [1.807, 2.05) is 24.3 Å². The molecule has 2 aromatic rings. The Labute approximate surface area is 220 Å². The summed E-state index contributed by atoms with van der Waals surface area (Å²) in [6.07, 6.45) is -7.29. The Bertz CT molecular complexity index is 1110. The van der Waals surface area contributed by atoms with E-state index in [-0.39, 0.29) is 29.8 Å². The van der Waals surface area contributed by atoms with Crippen molar-refractivity contribution in [2.45, 2.75) is 42.9 Å². The van der Waals surface area contributed by atoms with E-state index in [0.29, 0.717) is 30.5 Å². The number of hydrogen-bond donors (Lipinski definition) is 4. The van der Waals surface area contributed by atoms with E-state index in [1.165, 1.54) is 7.11 Å². The van der Waals surface area contributed by atoms with Gasteiger partial charge < -0.3 is 53.6 Å². The van der Waals surface area contributed by atoms with Crippen LogP contribution in [0.2, 0.25) is 0 Å². The molecule has 3 fully saturated rings. The van der Waals surface area contributed by atoms with Crippen molar-refractivity contribution < 1.29 is 53.6 Å². The number of hydrogen-bond acceptors (Lipinski definition) is 11. The third-order valence-corrected chi connectivity index (χ3v) is 7.61. The van der Waals surface area contributed by atoms with E-state index < -0.39 is 37.3 Å². The highest BCUT2D eigenvalue weighted by Gasteiger charge is 2.49. The summed E-state index contributed by atoms with van der Waals surface area (Å²) in [5.41, 5.74) is 1.88. The van der Waals surface area contributed by atoms with Crippen molar-refractivity contribution in [3.05, 3.63) is 47.5 Å². The van der Waals surface area contributed by atoms with Gasteiger partial charge in [0.05, 0.1) is 53.4 Å². The van der Waals surface area contributed by atoms with E-state index >= 15 is 0 Å². The minimum Gasteiger partial charge on any atom is -0.493 e. The van der Waals surface area contributed by atoms with E-state index in [9.17, 15) is 20.4 Å². The highest BCUT2D eigenvalue weighted by atomic mass is 16.7. The molecule has 38 heavy (non-hydrogen) atoms. The number of aliphatic hydroxyl groups excluding tert-OH is 4. The summed E-state index contributed by atoms with van der Waals surface area (Å²) >= 11 is 0. The van der Waals surface area contributed by atoms with Gasteiger partial charge in [0.15, 0.2) is 23.0 Å². The molecule has 11 nitrogen and oxygen atoms in total. The van der Waals surface area contributed by atoms with Gasteiger partial charge in [0.2, 0.25) is 6.29 Å². The Morgan fingerprint density at radius 2 is 1.24 bits per heavy atom. The van der Waals surface area contributed by atoms with Crippen molar-refractivity contribution in [1.29, 1.82) is 0 Å². The van der Waals surface area contributed by atoms with E-state index in [0.717, 1.165) is 11.1 Å². The fraction of sp³-hybridized carbons (Fsp3) is 0.556. The van der Waals surface area contributed by atoms with Crippen LogP contribution in [0.25, 0.3) is 0 Å². The lowest BCUT2D eigenvalue weighted by molar-refractivity contribution is -0.277. The molecule has 0 amide bonds. The first kappa shape index (κ1) is 26.9. The first-order valence-corrected chi connectivity index (χ1v) is 12.5. The molecular weight excluding hydrogens is 500 g/mol. The minimum atomic E-state index is -1.54. The molecule has 0 unspecified atom stereocenters. The number of fused-ring (bicyclic) bond motifs is 1. The second kappa shape index (κ2) is 11.2. The third kappa shape index (κ3) is 4.79. The molecule has 0 bridgehead atoms. The van der Waals surface area contributed by atoms with E-state index in [2.05, 4.69) is 0 Å². The molecule has 0 radical (unpaired) electrons. The van der Waals surface area contributed by atoms with E-state index in [1.54, 1.807) is 26.4 Å². The van der Waals surface area contributed by atoms with Gasteiger partial charge in [-0.3, -0.25) is 0 Å². The van der Waals surface area contributed by atoms with E-state index in [4.69, 9.17) is 33.2 Å². The first-order valence-electron chi connectivity index (χ1n) is 12.5. The topological polar surface area (TPSA) is 146 Å². The van der Waals surface area contributed by atoms with Crippen LogP contribution in [0.15, 0.2) is 36.4 Å². The summed E-state index contributed by atoms with van der Waals surface area (Å²) in [6.45, 7) is 0.508. The largest absolute Gasteiger partial charge is 0.493 e. The van der Waals surface area contributed by atoms with Crippen LogP contribution in [-0.4, -0.2) is 92.3 Å². The van der Waals surface area contributed by atoms with Gasteiger partial charge in [-0.1, -0.05) is 12.1 Å². The van der Waals surface area contributed by atoms with Gasteiger partial charge in [-0.05, 0) is 35.4 Å². The summed E-state index contributed by atoms with van der Waals surface area (Å²) in [4.78, 5) is 0. The quantitative estimate of drug-likeness (QED) is 0.384. The zero-order chi connectivity index (χ0) is 27.0. The Kier molecular flexibility index (Phi) is 7.96. The van der Waals surface area contributed by atoms with Gasteiger partial charge in [-0.2, -0.15) is 0 Å².